The molecule has 0 atom stereocenters. The van der Waals surface area contributed by atoms with Crippen molar-refractivity contribution in [3.05, 3.63) is 99.9 Å². The van der Waals surface area contributed by atoms with Crippen molar-refractivity contribution in [2.45, 2.75) is 61.9 Å². The zero-order valence-corrected chi connectivity index (χ0v) is 34.8. The summed E-state index contributed by atoms with van der Waals surface area (Å²) in [7, 11) is -7.27. The maximum atomic E-state index is 12.7. The van der Waals surface area contributed by atoms with Gasteiger partial charge in [0.15, 0.2) is 33.3 Å². The molecule has 0 aromatic rings. The molecule has 0 fully saturated rings. The van der Waals surface area contributed by atoms with Gasteiger partial charge in [-0.25, -0.2) is 4.39 Å². The van der Waals surface area contributed by atoms with Crippen molar-refractivity contribution in [3.8, 4) is 0 Å². The molecule has 0 aliphatic carbocycles. The van der Waals surface area contributed by atoms with Gasteiger partial charge in [0.1, 0.15) is 28.0 Å². The lowest BCUT2D eigenvalue weighted by molar-refractivity contribution is 0.118. The maximum Gasteiger partial charge on any atom is 0.212 e. The molecular formula is C32H49FO8Si7. The third-order valence-corrected chi connectivity index (χ3v) is 25.7. The van der Waals surface area contributed by atoms with Gasteiger partial charge in [-0.05, 0) is 128 Å². The monoisotopic (exact) mass is 776 g/mol. The molecule has 0 amide bonds. The Bertz CT molecular complexity index is 813. The predicted octanol–water partition coefficient (Wildman–Crippen LogP) is 4.89. The Labute approximate surface area is 304 Å². The zero-order chi connectivity index (χ0) is 37.2. The molecule has 0 bridgehead atoms. The van der Waals surface area contributed by atoms with E-state index in [0.717, 1.165) is 0 Å². The van der Waals surface area contributed by atoms with E-state index in [4.69, 9.17) is 121 Å². The first-order valence-electron chi connectivity index (χ1n) is 15.3. The molecule has 8 nitrogen and oxygen atoms in total. The van der Waals surface area contributed by atoms with Crippen molar-refractivity contribution >= 4 is 58.2 Å². The Morgan fingerprint density at radius 2 is 0.729 bits per heavy atom. The maximum absolute atomic E-state index is 12.7. The second kappa shape index (κ2) is 23.0. The lowest BCUT2D eigenvalue weighted by Crippen LogP contribution is -2.50. The van der Waals surface area contributed by atoms with Gasteiger partial charge in [0, 0.05) is 13.2 Å². The molecule has 0 aliphatic heterocycles. The molecule has 0 saturated heterocycles. The van der Waals surface area contributed by atoms with Crippen molar-refractivity contribution in [1.29, 1.82) is 0 Å². The van der Waals surface area contributed by atoms with Crippen LogP contribution in [0.2, 0.25) is 36.3 Å². The second-order valence-corrected chi connectivity index (χ2v) is 32.6. The normalized spacial score (nSPS) is 14.2. The van der Waals surface area contributed by atoms with Crippen LogP contribution in [0.15, 0.2) is 0 Å². The molecule has 0 unspecified atom stereocenters. The summed E-state index contributed by atoms with van der Waals surface area (Å²) in [5.74, 6) is 0. The SMILES string of the molecule is [CH]OC[Si]([CH])([CH])O[Si]([CH])([CH])CCCO[Si](CCCOCCF)(CCC[Si]([CH])([CH])O[Si]([CH])([CH])CO[CH])CCC[Si]([CH])([CH])O[Si]([CH])([CH])CO[CH]. The van der Waals surface area contributed by atoms with Crippen LogP contribution in [-0.2, 0) is 35.7 Å². The highest BCUT2D eigenvalue weighted by atomic mass is 28.4. The van der Waals surface area contributed by atoms with Crippen molar-refractivity contribution < 1.29 is 40.1 Å². The van der Waals surface area contributed by atoms with Crippen LogP contribution in [0.4, 0.5) is 4.39 Å². The largest absolute Gasteiger partial charge is 0.453 e. The first-order valence-corrected chi connectivity index (χ1v) is 31.4. The molecule has 0 N–H and O–H groups in total. The van der Waals surface area contributed by atoms with Crippen LogP contribution in [0.1, 0.15) is 25.7 Å². The van der Waals surface area contributed by atoms with Gasteiger partial charge >= 0.3 is 0 Å². The third kappa shape index (κ3) is 24.4. The Hall–Kier alpha value is 1.13. The minimum Gasteiger partial charge on any atom is -0.453 e. The third-order valence-electron chi connectivity index (χ3n) is 6.73. The molecule has 0 spiro atoms. The molecule has 0 aliphatic rings. The van der Waals surface area contributed by atoms with Crippen molar-refractivity contribution in [3.63, 3.8) is 0 Å². The Morgan fingerprint density at radius 3 is 1.08 bits per heavy atom. The highest BCUT2D eigenvalue weighted by Crippen LogP contribution is 2.33. The van der Waals surface area contributed by atoms with Gasteiger partial charge in [0.25, 0.3) is 0 Å². The van der Waals surface area contributed by atoms with Crippen LogP contribution in [0.25, 0.3) is 0 Å². The minimum absolute atomic E-state index is 0.0122. The van der Waals surface area contributed by atoms with E-state index >= 15 is 0 Å². The summed E-state index contributed by atoms with van der Waals surface area (Å²) in [6.07, 6.45) is 1.51. The number of hydrogen-bond acceptors (Lipinski definition) is 8. The molecule has 260 valence electrons. The highest BCUT2D eigenvalue weighted by molar-refractivity contribution is 6.92. The zero-order valence-electron chi connectivity index (χ0n) is 27.8. The van der Waals surface area contributed by atoms with Crippen LogP contribution in [0, 0.1) is 99.9 Å². The van der Waals surface area contributed by atoms with Crippen molar-refractivity contribution in [2.75, 3.05) is 45.2 Å². The molecule has 48 heavy (non-hydrogen) atoms. The second-order valence-electron chi connectivity index (χ2n) is 12.2. The lowest BCUT2D eigenvalue weighted by atomic mass is 10.5. The predicted molar refractivity (Wildman–Crippen MR) is 196 cm³/mol. The average molecular weight is 777 g/mol. The number of hydrogen-bond donors (Lipinski definition) is 0. The van der Waals surface area contributed by atoms with E-state index in [-0.39, 0.29) is 37.9 Å². The van der Waals surface area contributed by atoms with Gasteiger partial charge in [-0.1, -0.05) is 12.8 Å². The van der Waals surface area contributed by atoms with Crippen LogP contribution in [-0.4, -0.2) is 103 Å². The van der Waals surface area contributed by atoms with E-state index in [1.165, 1.54) is 0 Å². The van der Waals surface area contributed by atoms with Gasteiger partial charge < -0.3 is 35.7 Å². The van der Waals surface area contributed by atoms with E-state index in [1.54, 1.807) is 0 Å². The van der Waals surface area contributed by atoms with E-state index in [1.807, 2.05) is 0 Å². The molecular weight excluding hydrogens is 728 g/mol. The first kappa shape index (κ1) is 49.1. The summed E-state index contributed by atoms with van der Waals surface area (Å²) in [6.45, 7) is 73.8. The molecule has 16 heteroatoms. The van der Waals surface area contributed by atoms with Gasteiger partial charge in [0.2, 0.25) is 25.0 Å². The standard InChI is InChI=1S/C32H49FO8Si7/c1-34-30-45(10,11)39-42(4,5)24-17-22-38-48(27-16-21-37-23-20-33,28-18-25-43(6,7)40-46(12,13)31-35-2)29-19-26-44(8,9)41-47(14,15)32-36-3/h1-15H,16-32H2. The Morgan fingerprint density at radius 1 is 0.396 bits per heavy atom. The summed E-state index contributed by atoms with van der Waals surface area (Å²) in [5.41, 5.74) is 0. The summed E-state index contributed by atoms with van der Waals surface area (Å²) < 4.78 is 55.6. The number of alkyl halides is 1. The summed E-state index contributed by atoms with van der Waals surface area (Å²) >= 11 is 0. The average Bonchev–Trinajstić information content (AvgIpc) is 2.88. The summed E-state index contributed by atoms with van der Waals surface area (Å²) in [4.78, 5) is 0. The Kier molecular flexibility index (Phi) is 23.6. The fraction of sp³-hybridized carbons (Fsp3) is 0.531. The molecule has 0 aromatic carbocycles. The first-order chi connectivity index (χ1) is 22.0. The lowest BCUT2D eigenvalue weighted by Gasteiger charge is -2.37. The highest BCUT2D eigenvalue weighted by Gasteiger charge is 2.40. The van der Waals surface area contributed by atoms with Crippen LogP contribution in [0.3, 0.4) is 0 Å². The number of rotatable bonds is 31. The molecule has 0 heterocycles. The quantitative estimate of drug-likeness (QED) is 0.0729. The van der Waals surface area contributed by atoms with Crippen LogP contribution >= 0.6 is 0 Å². The van der Waals surface area contributed by atoms with Gasteiger partial charge in [0.05, 0.1) is 25.3 Å². The number of halogens is 1. The van der Waals surface area contributed by atoms with E-state index in [2.05, 4.69) is 14.2 Å². The summed E-state index contributed by atoms with van der Waals surface area (Å²) in [6, 6.07) is 2.71. The summed E-state index contributed by atoms with van der Waals surface area (Å²) in [5, 5.41) is 0. The molecule has 30 radical (unpaired) electrons. The molecule has 0 aromatic heterocycles. The Balaban J connectivity index is 5.94. The van der Waals surface area contributed by atoms with E-state index in [0.29, 0.717) is 62.5 Å². The number of ether oxygens (including phenoxy) is 4. The van der Waals surface area contributed by atoms with Crippen molar-refractivity contribution in [1.82, 2.24) is 0 Å². The van der Waals surface area contributed by atoms with E-state index < -0.39 is 64.9 Å². The minimum atomic E-state index is -3.34. The van der Waals surface area contributed by atoms with Gasteiger partial charge in [-0.3, -0.25) is 0 Å². The van der Waals surface area contributed by atoms with Gasteiger partial charge in [-0.2, -0.15) is 0 Å². The molecule has 0 rings (SSSR count). The fourth-order valence-corrected chi connectivity index (χ4v) is 23.2. The topological polar surface area (TPSA) is 73.8 Å². The van der Waals surface area contributed by atoms with E-state index in [9.17, 15) is 4.39 Å². The van der Waals surface area contributed by atoms with Crippen LogP contribution < -0.4 is 0 Å². The smallest absolute Gasteiger partial charge is 0.212 e. The molecule has 0 saturated carbocycles. The fourth-order valence-electron chi connectivity index (χ4n) is 4.95. The van der Waals surface area contributed by atoms with Gasteiger partial charge in [-0.15, -0.1) is 0 Å². The van der Waals surface area contributed by atoms with Crippen molar-refractivity contribution in [2.24, 2.45) is 0 Å². The van der Waals surface area contributed by atoms with Crippen LogP contribution in [0.5, 0.6) is 0 Å².